The summed E-state index contributed by atoms with van der Waals surface area (Å²) in [5.74, 6) is 0.843. The molecule has 0 aliphatic carbocycles. The van der Waals surface area contributed by atoms with Gasteiger partial charge in [0.05, 0.1) is 0 Å². The van der Waals surface area contributed by atoms with Gasteiger partial charge >= 0.3 is 0 Å². The summed E-state index contributed by atoms with van der Waals surface area (Å²) in [6, 6.07) is 19.8. The van der Waals surface area contributed by atoms with E-state index in [1.54, 1.807) is 6.20 Å². The third-order valence-corrected chi connectivity index (χ3v) is 4.00. The molecule has 0 atom stereocenters. The van der Waals surface area contributed by atoms with Gasteiger partial charge in [0.15, 0.2) is 0 Å². The number of benzene rings is 2. The summed E-state index contributed by atoms with van der Waals surface area (Å²) in [6.45, 7) is 2.03. The standard InChI is InChI=1S/C20H19ClN2O/c21-20-9-2-1-7-18(20)15-24-19-8-3-5-16(11-19)12-23-14-17-6-4-10-22-13-17/h1-11,13,23H,12,14-15H2. The Labute approximate surface area is 147 Å². The first-order chi connectivity index (χ1) is 11.8. The molecule has 24 heavy (non-hydrogen) atoms. The molecule has 3 aromatic rings. The molecule has 1 aromatic heterocycles. The molecule has 0 saturated heterocycles. The highest BCUT2D eigenvalue weighted by molar-refractivity contribution is 6.31. The Balaban J connectivity index is 1.53. The van der Waals surface area contributed by atoms with Gasteiger partial charge in [-0.15, -0.1) is 0 Å². The Kier molecular flexibility index (Phi) is 5.83. The van der Waals surface area contributed by atoms with Gasteiger partial charge in [0.2, 0.25) is 0 Å². The van der Waals surface area contributed by atoms with Gasteiger partial charge in [-0.25, -0.2) is 0 Å². The summed E-state index contributed by atoms with van der Waals surface area (Å²) in [7, 11) is 0. The molecule has 1 heterocycles. The number of nitrogens with one attached hydrogen (secondary N) is 1. The van der Waals surface area contributed by atoms with Gasteiger partial charge < -0.3 is 10.1 Å². The van der Waals surface area contributed by atoms with Crippen molar-refractivity contribution in [1.82, 2.24) is 10.3 Å². The fourth-order valence-electron chi connectivity index (χ4n) is 2.38. The number of pyridine rings is 1. The molecule has 0 spiro atoms. The van der Waals surface area contributed by atoms with Crippen molar-refractivity contribution < 1.29 is 4.74 Å². The van der Waals surface area contributed by atoms with Crippen LogP contribution < -0.4 is 10.1 Å². The molecule has 0 unspecified atom stereocenters. The fraction of sp³-hybridized carbons (Fsp3) is 0.150. The van der Waals surface area contributed by atoms with E-state index in [4.69, 9.17) is 16.3 Å². The van der Waals surface area contributed by atoms with Crippen LogP contribution in [0.1, 0.15) is 16.7 Å². The van der Waals surface area contributed by atoms with Crippen molar-refractivity contribution in [3.05, 3.63) is 94.8 Å². The zero-order valence-electron chi connectivity index (χ0n) is 13.3. The zero-order valence-corrected chi connectivity index (χ0v) is 14.0. The van der Waals surface area contributed by atoms with Gasteiger partial charge in [0.25, 0.3) is 0 Å². The maximum absolute atomic E-state index is 6.15. The molecule has 3 nitrogen and oxygen atoms in total. The summed E-state index contributed by atoms with van der Waals surface area (Å²) < 4.78 is 5.86. The topological polar surface area (TPSA) is 34.1 Å². The quantitative estimate of drug-likeness (QED) is 0.683. The molecule has 3 rings (SSSR count). The van der Waals surface area contributed by atoms with Crippen LogP contribution in [0.5, 0.6) is 5.75 Å². The van der Waals surface area contributed by atoms with E-state index in [9.17, 15) is 0 Å². The van der Waals surface area contributed by atoms with Gasteiger partial charge in [-0.3, -0.25) is 4.98 Å². The first-order valence-corrected chi connectivity index (χ1v) is 8.24. The minimum absolute atomic E-state index is 0.465. The molecule has 0 fully saturated rings. The van der Waals surface area contributed by atoms with Crippen molar-refractivity contribution >= 4 is 11.6 Å². The predicted molar refractivity (Wildman–Crippen MR) is 97.0 cm³/mol. The van der Waals surface area contributed by atoms with Crippen LogP contribution in [0.3, 0.4) is 0 Å². The highest BCUT2D eigenvalue weighted by Crippen LogP contribution is 2.19. The van der Waals surface area contributed by atoms with Gasteiger partial charge in [0.1, 0.15) is 12.4 Å². The van der Waals surface area contributed by atoms with Crippen molar-refractivity contribution in [2.45, 2.75) is 19.7 Å². The van der Waals surface area contributed by atoms with Crippen molar-refractivity contribution in [1.29, 1.82) is 0 Å². The summed E-state index contributed by atoms with van der Waals surface area (Å²) in [4.78, 5) is 4.11. The highest BCUT2D eigenvalue weighted by atomic mass is 35.5. The molecule has 0 bridgehead atoms. The molecule has 122 valence electrons. The van der Waals surface area contributed by atoms with E-state index in [0.717, 1.165) is 29.4 Å². The fourth-order valence-corrected chi connectivity index (χ4v) is 2.57. The van der Waals surface area contributed by atoms with Crippen LogP contribution >= 0.6 is 11.6 Å². The van der Waals surface area contributed by atoms with Gasteiger partial charge in [-0.2, -0.15) is 0 Å². The molecule has 4 heteroatoms. The lowest BCUT2D eigenvalue weighted by Gasteiger charge is -2.10. The SMILES string of the molecule is Clc1ccccc1COc1cccc(CNCc2cccnc2)c1. The van der Waals surface area contributed by atoms with E-state index >= 15 is 0 Å². The molecule has 0 radical (unpaired) electrons. The lowest BCUT2D eigenvalue weighted by Crippen LogP contribution is -2.12. The third-order valence-electron chi connectivity index (χ3n) is 3.63. The Hall–Kier alpha value is -2.36. The van der Waals surface area contributed by atoms with Gasteiger partial charge in [0, 0.05) is 36.1 Å². The van der Waals surface area contributed by atoms with Crippen LogP contribution in [-0.2, 0) is 19.7 Å². The molecule has 0 aliphatic rings. The average molecular weight is 339 g/mol. The van der Waals surface area contributed by atoms with Crippen LogP contribution in [-0.4, -0.2) is 4.98 Å². The van der Waals surface area contributed by atoms with E-state index in [0.29, 0.717) is 6.61 Å². The molecule has 2 aromatic carbocycles. The normalized spacial score (nSPS) is 10.5. The molecular formula is C20H19ClN2O. The second kappa shape index (κ2) is 8.48. The minimum Gasteiger partial charge on any atom is -0.489 e. The summed E-state index contributed by atoms with van der Waals surface area (Å²) in [5, 5.41) is 4.14. The van der Waals surface area contributed by atoms with Crippen molar-refractivity contribution in [2.75, 3.05) is 0 Å². The van der Waals surface area contributed by atoms with Crippen LogP contribution in [0, 0.1) is 0 Å². The van der Waals surface area contributed by atoms with E-state index in [1.807, 2.05) is 54.7 Å². The first-order valence-electron chi connectivity index (χ1n) is 7.86. The molecular weight excluding hydrogens is 320 g/mol. The van der Waals surface area contributed by atoms with Crippen LogP contribution in [0.4, 0.5) is 0 Å². The lowest BCUT2D eigenvalue weighted by atomic mass is 10.2. The maximum atomic E-state index is 6.15. The van der Waals surface area contributed by atoms with Crippen LogP contribution in [0.2, 0.25) is 5.02 Å². The van der Waals surface area contributed by atoms with Crippen LogP contribution in [0.25, 0.3) is 0 Å². The number of nitrogens with zero attached hydrogens (tertiary/aromatic N) is 1. The van der Waals surface area contributed by atoms with Crippen molar-refractivity contribution in [3.8, 4) is 5.75 Å². The van der Waals surface area contributed by atoms with Gasteiger partial charge in [-0.05, 0) is 35.4 Å². The van der Waals surface area contributed by atoms with E-state index in [2.05, 4.69) is 22.4 Å². The Bertz CT molecular complexity index is 777. The largest absolute Gasteiger partial charge is 0.489 e. The summed E-state index contributed by atoms with van der Waals surface area (Å²) in [5.41, 5.74) is 3.33. The summed E-state index contributed by atoms with van der Waals surface area (Å²) >= 11 is 6.15. The van der Waals surface area contributed by atoms with E-state index in [1.165, 1.54) is 11.1 Å². The predicted octanol–water partition coefficient (Wildman–Crippen LogP) is 4.60. The van der Waals surface area contributed by atoms with Crippen molar-refractivity contribution in [2.24, 2.45) is 0 Å². The number of aromatic nitrogens is 1. The van der Waals surface area contributed by atoms with E-state index < -0.39 is 0 Å². The number of halogens is 1. The second-order valence-corrected chi connectivity index (χ2v) is 5.90. The van der Waals surface area contributed by atoms with Crippen molar-refractivity contribution in [3.63, 3.8) is 0 Å². The Morgan fingerprint density at radius 3 is 2.58 bits per heavy atom. The Morgan fingerprint density at radius 2 is 1.75 bits per heavy atom. The van der Waals surface area contributed by atoms with Crippen LogP contribution in [0.15, 0.2) is 73.1 Å². The smallest absolute Gasteiger partial charge is 0.120 e. The molecule has 0 amide bonds. The number of ether oxygens (including phenoxy) is 1. The molecule has 0 saturated carbocycles. The Morgan fingerprint density at radius 1 is 0.917 bits per heavy atom. The molecule has 0 aliphatic heterocycles. The highest BCUT2D eigenvalue weighted by Gasteiger charge is 2.02. The zero-order chi connectivity index (χ0) is 16.6. The summed E-state index contributed by atoms with van der Waals surface area (Å²) in [6.07, 6.45) is 3.65. The first kappa shape index (κ1) is 16.5. The van der Waals surface area contributed by atoms with Gasteiger partial charge in [-0.1, -0.05) is 48.0 Å². The number of rotatable bonds is 7. The average Bonchev–Trinajstić information content (AvgIpc) is 2.62. The monoisotopic (exact) mass is 338 g/mol. The number of hydrogen-bond acceptors (Lipinski definition) is 3. The van der Waals surface area contributed by atoms with E-state index in [-0.39, 0.29) is 0 Å². The third kappa shape index (κ3) is 4.82. The number of hydrogen-bond donors (Lipinski definition) is 1. The minimum atomic E-state index is 0.465. The lowest BCUT2D eigenvalue weighted by molar-refractivity contribution is 0.306. The second-order valence-electron chi connectivity index (χ2n) is 5.49. The maximum Gasteiger partial charge on any atom is 0.120 e. The molecule has 1 N–H and O–H groups in total.